The van der Waals surface area contributed by atoms with Gasteiger partial charge in [-0.1, -0.05) is 6.92 Å². The van der Waals surface area contributed by atoms with Crippen LogP contribution in [0.1, 0.15) is 13.3 Å². The molecule has 1 atom stereocenters. The Labute approximate surface area is 141 Å². The summed E-state index contributed by atoms with van der Waals surface area (Å²) in [6.07, 6.45) is -4.32. The van der Waals surface area contributed by atoms with Crippen molar-refractivity contribution in [2.24, 2.45) is 0 Å². The number of anilines is 2. The van der Waals surface area contributed by atoms with Crippen molar-refractivity contribution in [1.82, 2.24) is 0 Å². The van der Waals surface area contributed by atoms with Gasteiger partial charge in [-0.3, -0.25) is 4.79 Å². The fourth-order valence-electron chi connectivity index (χ4n) is 2.07. The molecule has 2 N–H and O–H groups in total. The van der Waals surface area contributed by atoms with Gasteiger partial charge in [-0.2, -0.15) is 0 Å². The third-order valence-corrected chi connectivity index (χ3v) is 3.27. The number of rotatable bonds is 6. The number of halogens is 4. The van der Waals surface area contributed by atoms with Crippen LogP contribution >= 0.6 is 0 Å². The largest absolute Gasteiger partial charge is 0.573 e. The van der Waals surface area contributed by atoms with Gasteiger partial charge < -0.3 is 15.4 Å². The summed E-state index contributed by atoms with van der Waals surface area (Å²) in [5.41, 5.74) is 0.913. The van der Waals surface area contributed by atoms with Crippen LogP contribution in [0.25, 0.3) is 0 Å². The number of ether oxygens (including phenoxy) is 1. The number of nitrogens with one attached hydrogen (secondary N) is 2. The minimum absolute atomic E-state index is 0.343. The summed E-state index contributed by atoms with van der Waals surface area (Å²) in [6.45, 7) is 1.78. The van der Waals surface area contributed by atoms with Crippen molar-refractivity contribution >= 4 is 17.3 Å². The zero-order chi connectivity index (χ0) is 18.4. The molecule has 2 rings (SSSR count). The Morgan fingerprint density at radius 2 is 1.60 bits per heavy atom. The van der Waals surface area contributed by atoms with E-state index in [0.717, 1.165) is 12.1 Å². The van der Waals surface area contributed by atoms with Gasteiger partial charge in [0.2, 0.25) is 5.91 Å². The lowest BCUT2D eigenvalue weighted by Gasteiger charge is -2.18. The fourth-order valence-corrected chi connectivity index (χ4v) is 2.07. The van der Waals surface area contributed by atoms with Crippen molar-refractivity contribution in [2.45, 2.75) is 25.7 Å². The predicted molar refractivity (Wildman–Crippen MR) is 85.9 cm³/mol. The summed E-state index contributed by atoms with van der Waals surface area (Å²) in [6, 6.07) is 9.78. The molecule has 0 saturated heterocycles. The van der Waals surface area contributed by atoms with Crippen LogP contribution in [0.4, 0.5) is 28.9 Å². The highest BCUT2D eigenvalue weighted by molar-refractivity contribution is 5.96. The Hall–Kier alpha value is -2.77. The van der Waals surface area contributed by atoms with Gasteiger partial charge in [0.15, 0.2) is 0 Å². The van der Waals surface area contributed by atoms with E-state index < -0.39 is 18.2 Å². The van der Waals surface area contributed by atoms with Crippen molar-refractivity contribution in [3.05, 3.63) is 54.3 Å². The van der Waals surface area contributed by atoms with Gasteiger partial charge in [0, 0.05) is 11.4 Å². The molecule has 0 heterocycles. The number of hydrogen-bond acceptors (Lipinski definition) is 3. The van der Waals surface area contributed by atoms with Crippen LogP contribution in [0.15, 0.2) is 48.5 Å². The molecular formula is C17H16F4N2O2. The summed E-state index contributed by atoms with van der Waals surface area (Å²) >= 11 is 0. The van der Waals surface area contributed by atoms with Gasteiger partial charge in [-0.25, -0.2) is 4.39 Å². The van der Waals surface area contributed by atoms with Crippen molar-refractivity contribution < 1.29 is 27.1 Å². The normalized spacial score (nSPS) is 12.4. The first-order valence-electron chi connectivity index (χ1n) is 7.45. The molecule has 0 spiro atoms. The number of amides is 1. The molecule has 0 unspecified atom stereocenters. The molecule has 4 nitrogen and oxygen atoms in total. The molecule has 25 heavy (non-hydrogen) atoms. The van der Waals surface area contributed by atoms with E-state index in [2.05, 4.69) is 15.4 Å². The molecule has 0 fully saturated rings. The predicted octanol–water partition coefficient (Wildman–Crippen LogP) is 4.55. The minimum Gasteiger partial charge on any atom is -0.406 e. The molecule has 0 radical (unpaired) electrons. The van der Waals surface area contributed by atoms with Gasteiger partial charge in [0.1, 0.15) is 17.6 Å². The number of hydrogen-bond donors (Lipinski definition) is 2. The second-order valence-corrected chi connectivity index (χ2v) is 5.17. The van der Waals surface area contributed by atoms with Crippen LogP contribution in [0.2, 0.25) is 0 Å². The van der Waals surface area contributed by atoms with Crippen LogP contribution in [-0.4, -0.2) is 18.3 Å². The Bertz CT molecular complexity index is 700. The first-order valence-corrected chi connectivity index (χ1v) is 7.45. The first kappa shape index (κ1) is 18.6. The maximum absolute atomic E-state index is 12.9. The third-order valence-electron chi connectivity index (χ3n) is 3.27. The zero-order valence-electron chi connectivity index (χ0n) is 13.2. The van der Waals surface area contributed by atoms with E-state index in [9.17, 15) is 22.4 Å². The molecule has 0 bridgehead atoms. The lowest BCUT2D eigenvalue weighted by Crippen LogP contribution is -2.34. The highest BCUT2D eigenvalue weighted by Crippen LogP contribution is 2.24. The topological polar surface area (TPSA) is 50.4 Å². The molecule has 8 heteroatoms. The van der Waals surface area contributed by atoms with Crippen molar-refractivity contribution in [2.75, 3.05) is 10.6 Å². The Morgan fingerprint density at radius 1 is 1.04 bits per heavy atom. The van der Waals surface area contributed by atoms with Crippen LogP contribution in [0.3, 0.4) is 0 Å². The molecular weight excluding hydrogens is 340 g/mol. The van der Waals surface area contributed by atoms with E-state index in [4.69, 9.17) is 0 Å². The SMILES string of the molecule is CC[C@@H](Nc1ccc(OC(F)(F)F)cc1)C(=O)Nc1ccc(F)cc1. The van der Waals surface area contributed by atoms with Gasteiger partial charge in [-0.15, -0.1) is 13.2 Å². The van der Waals surface area contributed by atoms with E-state index >= 15 is 0 Å². The van der Waals surface area contributed by atoms with Crippen molar-refractivity contribution in [3.8, 4) is 5.75 Å². The zero-order valence-corrected chi connectivity index (χ0v) is 13.2. The second kappa shape index (κ2) is 7.87. The minimum atomic E-state index is -4.75. The first-order chi connectivity index (χ1) is 11.8. The van der Waals surface area contributed by atoms with Crippen LogP contribution in [-0.2, 0) is 4.79 Å². The molecule has 0 aliphatic rings. The summed E-state index contributed by atoms with van der Waals surface area (Å²) in [5, 5.41) is 5.57. The molecule has 2 aromatic carbocycles. The number of alkyl halides is 3. The number of carbonyl (C=O) groups excluding carboxylic acids is 1. The molecule has 0 aromatic heterocycles. The van der Waals surface area contributed by atoms with Crippen LogP contribution in [0, 0.1) is 5.82 Å². The number of benzene rings is 2. The van der Waals surface area contributed by atoms with E-state index in [0.29, 0.717) is 17.8 Å². The maximum Gasteiger partial charge on any atom is 0.573 e. The van der Waals surface area contributed by atoms with Crippen molar-refractivity contribution in [1.29, 1.82) is 0 Å². The van der Waals surface area contributed by atoms with Gasteiger partial charge >= 0.3 is 6.36 Å². The van der Waals surface area contributed by atoms with Crippen molar-refractivity contribution in [3.63, 3.8) is 0 Å². The summed E-state index contributed by atoms with van der Waals surface area (Å²) in [7, 11) is 0. The van der Waals surface area contributed by atoms with Gasteiger partial charge in [-0.05, 0) is 55.0 Å². The average Bonchev–Trinajstić information content (AvgIpc) is 2.54. The Morgan fingerprint density at radius 3 is 2.12 bits per heavy atom. The second-order valence-electron chi connectivity index (χ2n) is 5.17. The van der Waals surface area contributed by atoms with Gasteiger partial charge in [0.25, 0.3) is 0 Å². The monoisotopic (exact) mass is 356 g/mol. The highest BCUT2D eigenvalue weighted by atomic mass is 19.4. The smallest absolute Gasteiger partial charge is 0.406 e. The summed E-state index contributed by atoms with van der Waals surface area (Å²) in [5.74, 6) is -1.10. The van der Waals surface area contributed by atoms with E-state index in [1.165, 1.54) is 36.4 Å². The quantitative estimate of drug-likeness (QED) is 0.747. The average molecular weight is 356 g/mol. The van der Waals surface area contributed by atoms with E-state index in [-0.39, 0.29) is 11.7 Å². The van der Waals surface area contributed by atoms with Crippen LogP contribution in [0.5, 0.6) is 5.75 Å². The fraction of sp³-hybridized carbons (Fsp3) is 0.235. The lowest BCUT2D eigenvalue weighted by molar-refractivity contribution is -0.274. The molecule has 0 aliphatic heterocycles. The van der Waals surface area contributed by atoms with Gasteiger partial charge in [0.05, 0.1) is 0 Å². The summed E-state index contributed by atoms with van der Waals surface area (Å²) < 4.78 is 53.0. The molecule has 2 aromatic rings. The highest BCUT2D eigenvalue weighted by Gasteiger charge is 2.31. The lowest BCUT2D eigenvalue weighted by atomic mass is 10.2. The van der Waals surface area contributed by atoms with E-state index in [1.54, 1.807) is 6.92 Å². The molecule has 0 aliphatic carbocycles. The maximum atomic E-state index is 12.9. The van der Waals surface area contributed by atoms with E-state index in [1.807, 2.05) is 0 Å². The Kier molecular flexibility index (Phi) is 5.84. The summed E-state index contributed by atoms with van der Waals surface area (Å²) in [4.78, 5) is 12.2. The standard InChI is InChI=1S/C17H16F4N2O2/c1-2-15(16(24)23-13-5-3-11(18)4-6-13)22-12-7-9-14(10-8-12)25-17(19,20)21/h3-10,15,22H,2H2,1H3,(H,23,24)/t15-/m1/s1. The molecule has 0 saturated carbocycles. The number of carbonyl (C=O) groups is 1. The third kappa shape index (κ3) is 5.98. The molecule has 134 valence electrons. The Balaban J connectivity index is 1.98. The molecule has 1 amide bonds. The van der Waals surface area contributed by atoms with Crippen LogP contribution < -0.4 is 15.4 Å².